The Balaban J connectivity index is 1.80. The second kappa shape index (κ2) is 10.2. The van der Waals surface area contributed by atoms with E-state index >= 15 is 0 Å². The smallest absolute Gasteiger partial charge is 0.257 e. The Morgan fingerprint density at radius 3 is 2.43 bits per heavy atom. The molecule has 2 N–H and O–H groups in total. The maximum absolute atomic E-state index is 13.5. The summed E-state index contributed by atoms with van der Waals surface area (Å²) in [6.45, 7) is 14.8. The number of nitrogens with zero attached hydrogens (tertiary/aromatic N) is 2. The Bertz CT molecular complexity index is 1180. The van der Waals surface area contributed by atoms with Crippen molar-refractivity contribution in [3.63, 3.8) is 0 Å². The highest BCUT2D eigenvalue weighted by Crippen LogP contribution is 2.47. The van der Waals surface area contributed by atoms with Gasteiger partial charge in [-0.1, -0.05) is 51.6 Å². The Kier molecular flexibility index (Phi) is 7.46. The third kappa shape index (κ3) is 5.35. The van der Waals surface area contributed by atoms with Gasteiger partial charge in [-0.3, -0.25) is 9.59 Å². The highest BCUT2D eigenvalue weighted by molar-refractivity contribution is 7.99. The molecule has 1 atom stereocenters. The predicted molar refractivity (Wildman–Crippen MR) is 146 cm³/mol. The molecule has 0 amide bonds. The molecule has 4 rings (SSSR count). The molecule has 7 heteroatoms. The molecule has 1 aliphatic carbocycles. The van der Waals surface area contributed by atoms with Crippen molar-refractivity contribution in [1.29, 1.82) is 0 Å². The van der Waals surface area contributed by atoms with E-state index in [-0.39, 0.29) is 16.8 Å². The molecule has 0 bridgehead atoms. The largest absolute Gasteiger partial charge is 0.372 e. The first kappa shape index (κ1) is 25.5. The van der Waals surface area contributed by atoms with Crippen molar-refractivity contribution in [2.45, 2.75) is 71.9 Å². The van der Waals surface area contributed by atoms with Crippen molar-refractivity contribution in [2.75, 3.05) is 29.1 Å². The number of hydrogen-bond donors (Lipinski definition) is 2. The van der Waals surface area contributed by atoms with Gasteiger partial charge in [0, 0.05) is 48.1 Å². The molecule has 35 heavy (non-hydrogen) atoms. The van der Waals surface area contributed by atoms with Crippen molar-refractivity contribution in [1.82, 2.24) is 9.97 Å². The third-order valence-corrected chi connectivity index (χ3v) is 7.90. The van der Waals surface area contributed by atoms with Crippen LogP contribution in [0.4, 0.5) is 11.5 Å². The number of aromatic amines is 1. The highest BCUT2D eigenvalue weighted by Gasteiger charge is 2.42. The van der Waals surface area contributed by atoms with Crippen LogP contribution in [0.1, 0.15) is 77.8 Å². The quantitative estimate of drug-likeness (QED) is 0.348. The number of fused-ring (bicyclic) bond motifs is 1. The van der Waals surface area contributed by atoms with E-state index in [1.807, 2.05) is 0 Å². The first-order chi connectivity index (χ1) is 16.6. The minimum absolute atomic E-state index is 0.113. The number of thioether (sulfide) groups is 1. The fourth-order valence-corrected chi connectivity index (χ4v) is 6.26. The number of H-pyrrole nitrogens is 1. The Hall–Kier alpha value is -2.54. The van der Waals surface area contributed by atoms with Gasteiger partial charge in [0.05, 0.1) is 5.56 Å². The van der Waals surface area contributed by atoms with Crippen molar-refractivity contribution in [3.05, 3.63) is 57.0 Å². The van der Waals surface area contributed by atoms with Crippen LogP contribution in [0.3, 0.4) is 0 Å². The summed E-state index contributed by atoms with van der Waals surface area (Å²) >= 11 is 1.58. The van der Waals surface area contributed by atoms with Crippen molar-refractivity contribution in [3.8, 4) is 0 Å². The molecule has 188 valence electrons. The van der Waals surface area contributed by atoms with E-state index in [1.54, 1.807) is 11.8 Å². The monoisotopic (exact) mass is 494 g/mol. The summed E-state index contributed by atoms with van der Waals surface area (Å²) in [5.74, 6) is 1.78. The number of Topliss-reactive ketones (excluding diaryl/α,β-unsaturated/α-hetero) is 1. The predicted octanol–water partition coefficient (Wildman–Crippen LogP) is 5.95. The summed E-state index contributed by atoms with van der Waals surface area (Å²) in [7, 11) is 0. The number of anilines is 2. The van der Waals surface area contributed by atoms with Crippen LogP contribution in [0.5, 0.6) is 0 Å². The molecule has 1 unspecified atom stereocenters. The minimum atomic E-state index is -0.415. The van der Waals surface area contributed by atoms with Gasteiger partial charge in [0.2, 0.25) is 0 Å². The zero-order valence-electron chi connectivity index (χ0n) is 21.8. The number of carbonyl (C=O) groups is 1. The summed E-state index contributed by atoms with van der Waals surface area (Å²) < 4.78 is 0. The van der Waals surface area contributed by atoms with Gasteiger partial charge in [0.25, 0.3) is 5.56 Å². The van der Waals surface area contributed by atoms with E-state index in [9.17, 15) is 9.59 Å². The van der Waals surface area contributed by atoms with E-state index in [1.165, 1.54) is 0 Å². The molecule has 2 aliphatic rings. The van der Waals surface area contributed by atoms with Gasteiger partial charge in [-0.2, -0.15) is 0 Å². The topological polar surface area (TPSA) is 78.1 Å². The average Bonchev–Trinajstić information content (AvgIpc) is 2.78. The third-order valence-electron chi connectivity index (χ3n) is 6.99. The van der Waals surface area contributed by atoms with Crippen LogP contribution >= 0.6 is 11.8 Å². The van der Waals surface area contributed by atoms with Crippen LogP contribution in [-0.4, -0.2) is 34.6 Å². The maximum Gasteiger partial charge on any atom is 0.257 e. The van der Waals surface area contributed by atoms with Crippen LogP contribution in [-0.2, 0) is 4.79 Å². The Morgan fingerprint density at radius 1 is 1.11 bits per heavy atom. The number of allylic oxidation sites excluding steroid dienone is 2. The zero-order chi connectivity index (χ0) is 25.3. The van der Waals surface area contributed by atoms with Gasteiger partial charge in [0.15, 0.2) is 10.9 Å². The number of ketones is 1. The van der Waals surface area contributed by atoms with Crippen LogP contribution in [0.15, 0.2) is 45.5 Å². The van der Waals surface area contributed by atoms with Crippen LogP contribution < -0.4 is 15.8 Å². The van der Waals surface area contributed by atoms with Crippen molar-refractivity contribution >= 4 is 29.1 Å². The van der Waals surface area contributed by atoms with Gasteiger partial charge in [-0.05, 0) is 55.7 Å². The highest BCUT2D eigenvalue weighted by atomic mass is 32.2. The van der Waals surface area contributed by atoms with Crippen LogP contribution in [0.2, 0.25) is 0 Å². The van der Waals surface area contributed by atoms with E-state index < -0.39 is 5.92 Å². The first-order valence-electron chi connectivity index (χ1n) is 12.8. The summed E-state index contributed by atoms with van der Waals surface area (Å²) in [5, 5.41) is 4.05. The zero-order valence-corrected chi connectivity index (χ0v) is 22.6. The lowest BCUT2D eigenvalue weighted by Gasteiger charge is -2.38. The lowest BCUT2D eigenvalue weighted by atomic mass is 9.69. The van der Waals surface area contributed by atoms with E-state index in [0.29, 0.717) is 28.9 Å². The summed E-state index contributed by atoms with van der Waals surface area (Å²) in [4.78, 5) is 37.0. The van der Waals surface area contributed by atoms with Gasteiger partial charge < -0.3 is 15.2 Å². The summed E-state index contributed by atoms with van der Waals surface area (Å²) in [6.07, 6.45) is 2.29. The molecular weight excluding hydrogens is 456 g/mol. The number of benzene rings is 1. The van der Waals surface area contributed by atoms with Crippen molar-refractivity contribution in [2.24, 2.45) is 11.3 Å². The molecule has 1 aromatic heterocycles. The molecule has 0 saturated heterocycles. The standard InChI is InChI=1S/C28H38N4O2S/c1-7-32(8-2)19-11-9-18(10-12-19)22-23-20(15-28(5,6)16-21(23)33)29-25-24(22)26(34)31-27(30-25)35-14-13-17(3)4/h9-12,17,22H,7-8,13-16H2,1-6H3,(H2,29,30,31,34). The van der Waals surface area contributed by atoms with E-state index in [2.05, 4.69) is 81.0 Å². The van der Waals surface area contributed by atoms with Crippen LogP contribution in [0.25, 0.3) is 0 Å². The van der Waals surface area contributed by atoms with Crippen molar-refractivity contribution < 1.29 is 4.79 Å². The Labute approximate surface area is 213 Å². The normalized spacial score (nSPS) is 18.8. The van der Waals surface area contributed by atoms with E-state index in [4.69, 9.17) is 4.98 Å². The summed E-state index contributed by atoms with van der Waals surface area (Å²) in [6, 6.07) is 8.32. The van der Waals surface area contributed by atoms with Gasteiger partial charge in [-0.15, -0.1) is 0 Å². The lowest BCUT2D eigenvalue weighted by molar-refractivity contribution is -0.118. The SMILES string of the molecule is CCN(CC)c1ccc(C2C3=C(CC(C)(C)CC3=O)Nc3nc(SCCC(C)C)[nH]c(=O)c32)cc1. The number of nitrogens with one attached hydrogen (secondary N) is 2. The first-order valence-corrected chi connectivity index (χ1v) is 13.8. The fraction of sp³-hybridized carbons (Fsp3) is 0.536. The molecule has 1 aromatic carbocycles. The molecular formula is C28H38N4O2S. The summed E-state index contributed by atoms with van der Waals surface area (Å²) in [5.41, 5.74) is 3.97. The second-order valence-corrected chi connectivity index (χ2v) is 11.9. The average molecular weight is 495 g/mol. The van der Waals surface area contributed by atoms with Gasteiger partial charge >= 0.3 is 0 Å². The number of aromatic nitrogens is 2. The molecule has 0 fully saturated rings. The molecule has 0 saturated carbocycles. The molecule has 2 aromatic rings. The number of carbonyl (C=O) groups excluding carboxylic acids is 1. The van der Waals surface area contributed by atoms with Crippen LogP contribution in [0, 0.1) is 11.3 Å². The van der Waals surface area contributed by atoms with E-state index in [0.717, 1.165) is 54.2 Å². The van der Waals surface area contributed by atoms with Gasteiger partial charge in [0.1, 0.15) is 5.82 Å². The number of hydrogen-bond acceptors (Lipinski definition) is 6. The molecule has 1 aliphatic heterocycles. The molecule has 0 radical (unpaired) electrons. The second-order valence-electron chi connectivity index (χ2n) is 10.8. The molecule has 0 spiro atoms. The Morgan fingerprint density at radius 2 is 1.80 bits per heavy atom. The maximum atomic E-state index is 13.5. The number of rotatable bonds is 8. The fourth-order valence-electron chi connectivity index (χ4n) is 5.15. The lowest BCUT2D eigenvalue weighted by Crippen LogP contribution is -2.37. The minimum Gasteiger partial charge on any atom is -0.372 e. The molecule has 6 nitrogen and oxygen atoms in total. The van der Waals surface area contributed by atoms with Gasteiger partial charge in [-0.25, -0.2) is 4.98 Å². The molecule has 2 heterocycles.